The second-order valence-corrected chi connectivity index (χ2v) is 5.57. The Balaban J connectivity index is 2.41. The number of sulfonamides is 1. The van der Waals surface area contributed by atoms with Gasteiger partial charge in [-0.25, -0.2) is 13.6 Å². The minimum Gasteiger partial charge on any atom is -0.454 e. The van der Waals surface area contributed by atoms with E-state index in [4.69, 9.17) is 14.6 Å². The van der Waals surface area contributed by atoms with Gasteiger partial charge in [-0.15, -0.1) is 0 Å². The van der Waals surface area contributed by atoms with Crippen molar-refractivity contribution < 1.29 is 17.9 Å². The van der Waals surface area contributed by atoms with Crippen LogP contribution in [0.1, 0.15) is 5.56 Å². The van der Waals surface area contributed by atoms with E-state index < -0.39 is 10.0 Å². The maximum absolute atomic E-state index is 10.9. The van der Waals surface area contributed by atoms with Crippen LogP contribution in [-0.4, -0.2) is 15.2 Å². The number of benzene rings is 1. The molecule has 0 saturated heterocycles. The Morgan fingerprint density at radius 1 is 1.33 bits per heavy atom. The summed E-state index contributed by atoms with van der Waals surface area (Å²) in [6.07, 6.45) is 0. The maximum Gasteiger partial charge on any atom is 0.231 e. The number of halogens is 1. The summed E-state index contributed by atoms with van der Waals surface area (Å²) in [6, 6.07) is 3.28. The molecule has 0 aliphatic carbocycles. The average molecular weight is 294 g/mol. The van der Waals surface area contributed by atoms with E-state index in [0.717, 1.165) is 0 Å². The van der Waals surface area contributed by atoms with E-state index in [1.165, 1.54) is 0 Å². The molecule has 1 aliphatic rings. The first kappa shape index (κ1) is 10.7. The Labute approximate surface area is 95.4 Å². The zero-order chi connectivity index (χ0) is 11.1. The van der Waals surface area contributed by atoms with Crippen LogP contribution in [0.2, 0.25) is 0 Å². The van der Waals surface area contributed by atoms with E-state index in [1.54, 1.807) is 12.1 Å². The molecule has 1 aromatic carbocycles. The molecule has 1 aliphatic heterocycles. The normalized spacial score (nSPS) is 14.3. The van der Waals surface area contributed by atoms with E-state index in [0.29, 0.717) is 21.5 Å². The first-order valence-corrected chi connectivity index (χ1v) is 6.55. The van der Waals surface area contributed by atoms with Crippen LogP contribution in [0.5, 0.6) is 11.5 Å². The van der Waals surface area contributed by atoms with Crippen LogP contribution in [-0.2, 0) is 15.8 Å². The summed E-state index contributed by atoms with van der Waals surface area (Å²) in [5.41, 5.74) is 0.557. The molecule has 0 aromatic heterocycles. The second kappa shape index (κ2) is 3.66. The van der Waals surface area contributed by atoms with Gasteiger partial charge in [0.15, 0.2) is 11.5 Å². The summed E-state index contributed by atoms with van der Waals surface area (Å²) in [5, 5.41) is 4.96. The van der Waals surface area contributed by atoms with E-state index in [-0.39, 0.29) is 12.5 Å². The zero-order valence-electron chi connectivity index (χ0n) is 7.57. The van der Waals surface area contributed by atoms with Gasteiger partial charge < -0.3 is 9.47 Å². The van der Waals surface area contributed by atoms with Crippen molar-refractivity contribution in [3.8, 4) is 11.5 Å². The van der Waals surface area contributed by atoms with Crippen LogP contribution < -0.4 is 14.6 Å². The van der Waals surface area contributed by atoms with Gasteiger partial charge in [0.2, 0.25) is 16.8 Å². The Hall–Kier alpha value is -0.790. The number of nitrogens with two attached hydrogens (primary N) is 1. The fourth-order valence-electron chi connectivity index (χ4n) is 1.29. The summed E-state index contributed by atoms with van der Waals surface area (Å²) >= 11 is 3.25. The molecule has 0 bridgehead atoms. The molecule has 0 radical (unpaired) electrons. The van der Waals surface area contributed by atoms with Crippen molar-refractivity contribution >= 4 is 26.0 Å². The van der Waals surface area contributed by atoms with Crippen LogP contribution in [0, 0.1) is 0 Å². The van der Waals surface area contributed by atoms with E-state index in [2.05, 4.69) is 15.9 Å². The van der Waals surface area contributed by atoms with E-state index in [1.807, 2.05) is 0 Å². The highest BCUT2D eigenvalue weighted by atomic mass is 79.9. The number of hydrogen-bond acceptors (Lipinski definition) is 4. The summed E-state index contributed by atoms with van der Waals surface area (Å²) < 4.78 is 32.8. The van der Waals surface area contributed by atoms with Gasteiger partial charge in [0, 0.05) is 4.47 Å². The van der Waals surface area contributed by atoms with Crippen LogP contribution in [0.25, 0.3) is 0 Å². The third kappa shape index (κ3) is 2.42. The van der Waals surface area contributed by atoms with Crippen molar-refractivity contribution in [2.24, 2.45) is 5.14 Å². The first-order valence-electron chi connectivity index (χ1n) is 4.04. The highest BCUT2D eigenvalue weighted by Gasteiger charge is 2.18. The Morgan fingerprint density at radius 2 is 1.93 bits per heavy atom. The van der Waals surface area contributed by atoms with Crippen molar-refractivity contribution in [3.63, 3.8) is 0 Å². The molecule has 2 rings (SSSR count). The van der Waals surface area contributed by atoms with E-state index >= 15 is 0 Å². The topological polar surface area (TPSA) is 78.6 Å². The molecular weight excluding hydrogens is 286 g/mol. The molecule has 0 fully saturated rings. The van der Waals surface area contributed by atoms with Gasteiger partial charge in [-0.3, -0.25) is 0 Å². The highest BCUT2D eigenvalue weighted by Crippen LogP contribution is 2.37. The van der Waals surface area contributed by atoms with E-state index in [9.17, 15) is 8.42 Å². The lowest BCUT2D eigenvalue weighted by Gasteiger charge is -2.04. The van der Waals surface area contributed by atoms with Crippen molar-refractivity contribution in [1.82, 2.24) is 0 Å². The lowest BCUT2D eigenvalue weighted by molar-refractivity contribution is 0.174. The fourth-order valence-corrected chi connectivity index (χ4v) is 2.61. The van der Waals surface area contributed by atoms with Crippen LogP contribution >= 0.6 is 15.9 Å². The highest BCUT2D eigenvalue weighted by molar-refractivity contribution is 9.10. The fraction of sp³-hybridized carbons (Fsp3) is 0.250. The van der Waals surface area contributed by atoms with Crippen molar-refractivity contribution in [1.29, 1.82) is 0 Å². The minimum atomic E-state index is -3.54. The average Bonchev–Trinajstić information content (AvgIpc) is 2.49. The molecule has 0 atom stereocenters. The Bertz CT molecular complexity index is 500. The first-order chi connectivity index (χ1) is 6.96. The van der Waals surface area contributed by atoms with Gasteiger partial charge in [0.1, 0.15) is 0 Å². The minimum absolute atomic E-state index is 0.153. The number of rotatable bonds is 2. The Kier molecular flexibility index (Phi) is 2.61. The standard InChI is InChI=1S/C8H8BrNO4S/c9-6-2-8-7(13-4-14-8)1-5(6)3-15(10,11)12/h1-2H,3-4H2,(H2,10,11,12). The molecule has 1 aromatic rings. The summed E-state index contributed by atoms with van der Waals surface area (Å²) in [6.45, 7) is 0.153. The zero-order valence-corrected chi connectivity index (χ0v) is 9.97. The van der Waals surface area contributed by atoms with Gasteiger partial charge in [-0.1, -0.05) is 15.9 Å². The third-order valence-corrected chi connectivity index (χ3v) is 3.35. The number of fused-ring (bicyclic) bond motifs is 1. The molecule has 0 saturated carbocycles. The molecule has 1 heterocycles. The van der Waals surface area contributed by atoms with Gasteiger partial charge >= 0.3 is 0 Å². The molecule has 0 unspecified atom stereocenters. The number of primary sulfonamides is 1. The predicted molar refractivity (Wildman–Crippen MR) is 57.1 cm³/mol. The largest absolute Gasteiger partial charge is 0.454 e. The van der Waals surface area contributed by atoms with Crippen LogP contribution in [0.15, 0.2) is 16.6 Å². The second-order valence-electron chi connectivity index (χ2n) is 3.10. The number of hydrogen-bond donors (Lipinski definition) is 1. The smallest absolute Gasteiger partial charge is 0.231 e. The lowest BCUT2D eigenvalue weighted by atomic mass is 10.2. The number of ether oxygens (including phenoxy) is 2. The SMILES string of the molecule is NS(=O)(=O)Cc1cc2c(cc1Br)OCO2. The molecule has 0 spiro atoms. The van der Waals surface area contributed by atoms with Crippen molar-refractivity contribution in [2.75, 3.05) is 6.79 Å². The lowest BCUT2D eigenvalue weighted by Crippen LogP contribution is -2.14. The molecule has 82 valence electrons. The van der Waals surface area contributed by atoms with Gasteiger partial charge in [0.25, 0.3) is 0 Å². The molecule has 7 heteroatoms. The summed E-state index contributed by atoms with van der Waals surface area (Å²) in [7, 11) is -3.54. The van der Waals surface area contributed by atoms with Gasteiger partial charge in [-0.2, -0.15) is 0 Å². The summed E-state index contributed by atoms with van der Waals surface area (Å²) in [4.78, 5) is 0. The van der Waals surface area contributed by atoms with Gasteiger partial charge in [-0.05, 0) is 17.7 Å². The van der Waals surface area contributed by atoms with Crippen molar-refractivity contribution in [3.05, 3.63) is 22.2 Å². The molecule has 0 amide bonds. The predicted octanol–water partition coefficient (Wildman–Crippen LogP) is 0.966. The third-order valence-electron chi connectivity index (χ3n) is 1.90. The van der Waals surface area contributed by atoms with Crippen LogP contribution in [0.3, 0.4) is 0 Å². The monoisotopic (exact) mass is 293 g/mol. The Morgan fingerprint density at radius 3 is 2.53 bits per heavy atom. The molecule has 5 nitrogen and oxygen atoms in total. The van der Waals surface area contributed by atoms with Crippen LogP contribution in [0.4, 0.5) is 0 Å². The molecular formula is C8H8BrNO4S. The quantitative estimate of drug-likeness (QED) is 0.881. The molecule has 15 heavy (non-hydrogen) atoms. The summed E-state index contributed by atoms with van der Waals surface area (Å²) in [5.74, 6) is 0.904. The van der Waals surface area contributed by atoms with Gasteiger partial charge in [0.05, 0.1) is 5.75 Å². The van der Waals surface area contributed by atoms with Crippen molar-refractivity contribution in [2.45, 2.75) is 5.75 Å². The molecule has 2 N–H and O–H groups in total. The maximum atomic E-state index is 10.9.